The van der Waals surface area contributed by atoms with E-state index in [4.69, 9.17) is 4.74 Å². The van der Waals surface area contributed by atoms with Crippen molar-refractivity contribution in [3.05, 3.63) is 12.2 Å². The van der Waals surface area contributed by atoms with Gasteiger partial charge in [0.15, 0.2) is 5.82 Å². The average Bonchev–Trinajstić information content (AvgIpc) is 3.17. The molecule has 1 aromatic rings. The topological polar surface area (TPSA) is 92.6 Å². The van der Waals surface area contributed by atoms with Gasteiger partial charge in [0.25, 0.3) is 5.91 Å². The van der Waals surface area contributed by atoms with Crippen molar-refractivity contribution in [2.24, 2.45) is 0 Å². The van der Waals surface area contributed by atoms with E-state index in [1.165, 1.54) is 4.90 Å². The van der Waals surface area contributed by atoms with E-state index in [9.17, 15) is 9.59 Å². The molecule has 0 radical (unpaired) electrons. The fourth-order valence-corrected chi connectivity index (χ4v) is 3.88. The van der Waals surface area contributed by atoms with Crippen molar-refractivity contribution < 1.29 is 14.3 Å². The predicted molar refractivity (Wildman–Crippen MR) is 94.4 cm³/mol. The number of carbonyl (C=O) groups is 2. The van der Waals surface area contributed by atoms with Crippen LogP contribution in [0.2, 0.25) is 0 Å². The number of piperidine rings is 1. The van der Waals surface area contributed by atoms with Crippen LogP contribution in [0.4, 0.5) is 4.79 Å². The molecule has 26 heavy (non-hydrogen) atoms. The summed E-state index contributed by atoms with van der Waals surface area (Å²) in [7, 11) is 1.64. The van der Waals surface area contributed by atoms with Gasteiger partial charge in [-0.15, -0.1) is 10.2 Å². The van der Waals surface area contributed by atoms with Crippen LogP contribution >= 0.6 is 0 Å². The van der Waals surface area contributed by atoms with E-state index in [2.05, 4.69) is 15.5 Å². The molecule has 0 aromatic carbocycles. The zero-order chi connectivity index (χ0) is 18.7. The third kappa shape index (κ3) is 3.21. The summed E-state index contributed by atoms with van der Waals surface area (Å²) in [6.07, 6.45) is 3.62. The van der Waals surface area contributed by atoms with Gasteiger partial charge in [-0.2, -0.15) is 0 Å². The molecule has 144 valence electrons. The Kier molecular flexibility index (Phi) is 5.57. The molecule has 2 aliphatic heterocycles. The van der Waals surface area contributed by atoms with Crippen LogP contribution in [0.25, 0.3) is 0 Å². The van der Waals surface area contributed by atoms with Gasteiger partial charge in [0.1, 0.15) is 11.9 Å². The van der Waals surface area contributed by atoms with Crippen LogP contribution < -0.4 is 5.32 Å². The Balaban J connectivity index is 1.85. The number of rotatable bonds is 7. The Hall–Kier alpha value is -2.00. The van der Waals surface area contributed by atoms with E-state index in [0.29, 0.717) is 38.2 Å². The molecule has 9 heteroatoms. The third-order valence-corrected chi connectivity index (χ3v) is 5.29. The Labute approximate surface area is 153 Å². The van der Waals surface area contributed by atoms with Gasteiger partial charge >= 0.3 is 6.03 Å². The maximum absolute atomic E-state index is 13.3. The number of hydrogen-bond donors (Lipinski definition) is 1. The molecule has 0 bridgehead atoms. The summed E-state index contributed by atoms with van der Waals surface area (Å²) in [5, 5.41) is 11.3. The van der Waals surface area contributed by atoms with E-state index in [-0.39, 0.29) is 24.5 Å². The van der Waals surface area contributed by atoms with Crippen molar-refractivity contribution in [2.75, 3.05) is 33.4 Å². The first-order valence-electron chi connectivity index (χ1n) is 9.23. The Morgan fingerprint density at radius 3 is 2.69 bits per heavy atom. The molecule has 9 nitrogen and oxygen atoms in total. The van der Waals surface area contributed by atoms with Crippen LogP contribution in [0.15, 0.2) is 6.33 Å². The van der Waals surface area contributed by atoms with Crippen molar-refractivity contribution in [2.45, 2.75) is 51.2 Å². The molecular formula is C17H28N6O3. The molecule has 2 aliphatic rings. The van der Waals surface area contributed by atoms with Crippen LogP contribution in [-0.2, 0) is 16.1 Å². The number of amides is 3. The van der Waals surface area contributed by atoms with Gasteiger partial charge in [0.05, 0.1) is 6.54 Å². The molecule has 3 heterocycles. The van der Waals surface area contributed by atoms with E-state index in [0.717, 1.165) is 13.1 Å². The fourth-order valence-electron chi connectivity index (χ4n) is 3.88. The second kappa shape index (κ2) is 7.71. The highest BCUT2D eigenvalue weighted by Gasteiger charge is 2.57. The van der Waals surface area contributed by atoms with Crippen molar-refractivity contribution in [1.29, 1.82) is 0 Å². The van der Waals surface area contributed by atoms with E-state index in [1.54, 1.807) is 18.3 Å². The lowest BCUT2D eigenvalue weighted by Crippen LogP contribution is -2.56. The third-order valence-electron chi connectivity index (χ3n) is 5.29. The number of urea groups is 1. The lowest BCUT2D eigenvalue weighted by molar-refractivity contribution is -0.135. The van der Waals surface area contributed by atoms with Gasteiger partial charge in [0.2, 0.25) is 0 Å². The number of hydrogen-bond acceptors (Lipinski definition) is 6. The molecule has 2 saturated heterocycles. The minimum Gasteiger partial charge on any atom is -0.385 e. The fraction of sp³-hybridized carbons (Fsp3) is 0.765. The van der Waals surface area contributed by atoms with Gasteiger partial charge in [-0.1, -0.05) is 0 Å². The Bertz CT molecular complexity index is 653. The summed E-state index contributed by atoms with van der Waals surface area (Å²) in [5.74, 6) is 0.518. The first-order chi connectivity index (χ1) is 12.5. The van der Waals surface area contributed by atoms with Crippen molar-refractivity contribution in [3.8, 4) is 0 Å². The maximum Gasteiger partial charge on any atom is 0.328 e. The van der Waals surface area contributed by atoms with Crippen LogP contribution in [0.5, 0.6) is 0 Å². The average molecular weight is 364 g/mol. The second-order valence-electron chi connectivity index (χ2n) is 7.20. The number of methoxy groups -OCH3 is 1. The number of imide groups is 1. The second-order valence-corrected chi connectivity index (χ2v) is 7.20. The zero-order valence-corrected chi connectivity index (χ0v) is 15.8. The number of aromatic nitrogens is 3. The molecule has 1 spiro atoms. The quantitative estimate of drug-likeness (QED) is 0.568. The van der Waals surface area contributed by atoms with Crippen LogP contribution in [0.3, 0.4) is 0 Å². The van der Waals surface area contributed by atoms with Crippen LogP contribution in [-0.4, -0.2) is 75.4 Å². The largest absolute Gasteiger partial charge is 0.385 e. The van der Waals surface area contributed by atoms with E-state index in [1.807, 2.05) is 18.4 Å². The van der Waals surface area contributed by atoms with E-state index < -0.39 is 5.54 Å². The molecule has 1 N–H and O–H groups in total. The van der Waals surface area contributed by atoms with Gasteiger partial charge in [-0.25, -0.2) is 4.79 Å². The standard InChI is InChI=1S/C17H28N6O3/c1-13(2)22-12-19-20-14(22)11-21-15(24)17(5-7-18-8-6-17)23(16(21)25)9-4-10-26-3/h12-13,18H,4-11H2,1-3H3. The number of nitrogens with one attached hydrogen (secondary N) is 1. The summed E-state index contributed by atoms with van der Waals surface area (Å²) >= 11 is 0. The number of nitrogens with zero attached hydrogens (tertiary/aromatic N) is 5. The zero-order valence-electron chi connectivity index (χ0n) is 15.8. The minimum absolute atomic E-state index is 0.111. The lowest BCUT2D eigenvalue weighted by Gasteiger charge is -2.38. The number of ether oxygens (including phenoxy) is 1. The molecule has 3 amide bonds. The summed E-state index contributed by atoms with van der Waals surface area (Å²) in [5.41, 5.74) is -0.737. The SMILES string of the molecule is COCCCN1C(=O)N(Cc2nncn2C(C)C)C(=O)C12CCNCC2. The molecule has 1 aromatic heterocycles. The van der Waals surface area contributed by atoms with Crippen molar-refractivity contribution in [3.63, 3.8) is 0 Å². The Morgan fingerprint density at radius 1 is 1.31 bits per heavy atom. The first-order valence-corrected chi connectivity index (χ1v) is 9.23. The molecule has 0 saturated carbocycles. The van der Waals surface area contributed by atoms with Gasteiger partial charge in [-0.05, 0) is 46.2 Å². The highest BCUT2D eigenvalue weighted by Crippen LogP contribution is 2.36. The Morgan fingerprint density at radius 2 is 2.04 bits per heavy atom. The molecule has 0 atom stereocenters. The minimum atomic E-state index is -0.737. The normalized spacial score (nSPS) is 20.0. The predicted octanol–water partition coefficient (Wildman–Crippen LogP) is 0.782. The number of carbonyl (C=O) groups excluding carboxylic acids is 2. The van der Waals surface area contributed by atoms with Gasteiger partial charge in [-0.3, -0.25) is 9.69 Å². The maximum atomic E-state index is 13.3. The first kappa shape index (κ1) is 18.8. The van der Waals surface area contributed by atoms with E-state index >= 15 is 0 Å². The van der Waals surface area contributed by atoms with Gasteiger partial charge in [0, 0.05) is 26.3 Å². The molecule has 2 fully saturated rings. The molecular weight excluding hydrogens is 336 g/mol. The summed E-state index contributed by atoms with van der Waals surface area (Å²) in [4.78, 5) is 29.5. The van der Waals surface area contributed by atoms with Crippen LogP contribution in [0.1, 0.15) is 45.0 Å². The van der Waals surface area contributed by atoms with Crippen molar-refractivity contribution >= 4 is 11.9 Å². The molecule has 3 rings (SSSR count). The molecule has 0 aliphatic carbocycles. The summed E-state index contributed by atoms with van der Waals surface area (Å²) in [6, 6.07) is -0.0650. The highest BCUT2D eigenvalue weighted by atomic mass is 16.5. The highest BCUT2D eigenvalue weighted by molar-refractivity contribution is 6.07. The monoisotopic (exact) mass is 364 g/mol. The summed E-state index contributed by atoms with van der Waals surface area (Å²) < 4.78 is 7.02. The smallest absolute Gasteiger partial charge is 0.328 e. The van der Waals surface area contributed by atoms with Crippen LogP contribution in [0, 0.1) is 0 Å². The lowest BCUT2D eigenvalue weighted by atomic mass is 9.86. The van der Waals surface area contributed by atoms with Gasteiger partial charge < -0.3 is 19.5 Å². The van der Waals surface area contributed by atoms with Crippen molar-refractivity contribution in [1.82, 2.24) is 29.9 Å². The molecule has 0 unspecified atom stereocenters. The summed E-state index contributed by atoms with van der Waals surface area (Å²) in [6.45, 7) is 6.74.